The minimum absolute atomic E-state index is 0.496. The molecule has 1 heterocycles. The number of aryl methyl sites for hydroxylation is 1. The summed E-state index contributed by atoms with van der Waals surface area (Å²) in [6, 6.07) is 9.83. The standard InChI is InChI=1S/C15H18BrNO2/c1-10-4-6-13(19-10)9-17(3)15-8-12(16)5-7-14(15)11(2)18/h4-8,11,18H,9H2,1-3H3. The summed E-state index contributed by atoms with van der Waals surface area (Å²) in [7, 11) is 1.99. The molecule has 0 fully saturated rings. The first-order chi connectivity index (χ1) is 8.97. The van der Waals surface area contributed by atoms with E-state index in [2.05, 4.69) is 20.8 Å². The zero-order valence-corrected chi connectivity index (χ0v) is 12.9. The van der Waals surface area contributed by atoms with Crippen molar-refractivity contribution < 1.29 is 9.52 Å². The normalized spacial score (nSPS) is 12.5. The molecule has 0 bridgehead atoms. The van der Waals surface area contributed by atoms with Crippen molar-refractivity contribution in [1.82, 2.24) is 0 Å². The van der Waals surface area contributed by atoms with E-state index in [-0.39, 0.29) is 0 Å². The first-order valence-electron chi connectivity index (χ1n) is 6.21. The van der Waals surface area contributed by atoms with E-state index in [1.165, 1.54) is 0 Å². The maximum Gasteiger partial charge on any atom is 0.123 e. The average molecular weight is 324 g/mol. The Hall–Kier alpha value is -1.26. The highest BCUT2D eigenvalue weighted by atomic mass is 79.9. The molecule has 1 aromatic carbocycles. The largest absolute Gasteiger partial charge is 0.464 e. The van der Waals surface area contributed by atoms with Gasteiger partial charge >= 0.3 is 0 Å². The Balaban J connectivity index is 2.27. The monoisotopic (exact) mass is 323 g/mol. The number of aliphatic hydroxyl groups excluding tert-OH is 1. The van der Waals surface area contributed by atoms with Crippen LogP contribution in [0.4, 0.5) is 5.69 Å². The lowest BCUT2D eigenvalue weighted by Gasteiger charge is -2.23. The summed E-state index contributed by atoms with van der Waals surface area (Å²) in [5, 5.41) is 9.85. The van der Waals surface area contributed by atoms with Crippen molar-refractivity contribution in [3.8, 4) is 0 Å². The van der Waals surface area contributed by atoms with Crippen molar-refractivity contribution in [3.63, 3.8) is 0 Å². The Morgan fingerprint density at radius 3 is 2.63 bits per heavy atom. The smallest absolute Gasteiger partial charge is 0.123 e. The highest BCUT2D eigenvalue weighted by molar-refractivity contribution is 9.10. The van der Waals surface area contributed by atoms with Crippen LogP contribution >= 0.6 is 15.9 Å². The van der Waals surface area contributed by atoms with Gasteiger partial charge in [0.25, 0.3) is 0 Å². The van der Waals surface area contributed by atoms with Crippen LogP contribution in [0, 0.1) is 6.92 Å². The van der Waals surface area contributed by atoms with Crippen molar-refractivity contribution in [2.45, 2.75) is 26.5 Å². The Bertz CT molecular complexity index is 563. The summed E-state index contributed by atoms with van der Waals surface area (Å²) < 4.78 is 6.59. The molecule has 0 radical (unpaired) electrons. The molecule has 3 nitrogen and oxygen atoms in total. The van der Waals surface area contributed by atoms with Crippen LogP contribution in [0.5, 0.6) is 0 Å². The molecule has 0 spiro atoms. The number of hydrogen-bond acceptors (Lipinski definition) is 3. The van der Waals surface area contributed by atoms with E-state index in [4.69, 9.17) is 4.42 Å². The second-order valence-corrected chi connectivity index (χ2v) is 5.66. The number of benzene rings is 1. The quantitative estimate of drug-likeness (QED) is 0.922. The molecule has 0 saturated carbocycles. The molecule has 1 unspecified atom stereocenters. The lowest BCUT2D eigenvalue weighted by atomic mass is 10.1. The van der Waals surface area contributed by atoms with E-state index in [1.54, 1.807) is 6.92 Å². The van der Waals surface area contributed by atoms with Gasteiger partial charge in [0, 0.05) is 22.8 Å². The van der Waals surface area contributed by atoms with Crippen LogP contribution in [0.3, 0.4) is 0 Å². The summed E-state index contributed by atoms with van der Waals surface area (Å²) in [4.78, 5) is 2.07. The fourth-order valence-electron chi connectivity index (χ4n) is 2.09. The fraction of sp³-hybridized carbons (Fsp3) is 0.333. The van der Waals surface area contributed by atoms with Gasteiger partial charge in [0.1, 0.15) is 11.5 Å². The molecule has 2 aromatic rings. The van der Waals surface area contributed by atoms with Crippen LogP contribution in [-0.2, 0) is 6.54 Å². The maximum absolute atomic E-state index is 9.85. The Morgan fingerprint density at radius 2 is 2.05 bits per heavy atom. The van der Waals surface area contributed by atoms with E-state index < -0.39 is 6.10 Å². The van der Waals surface area contributed by atoms with Crippen molar-refractivity contribution in [1.29, 1.82) is 0 Å². The summed E-state index contributed by atoms with van der Waals surface area (Å²) in [6.07, 6.45) is -0.496. The van der Waals surface area contributed by atoms with Crippen LogP contribution < -0.4 is 4.90 Å². The molecule has 0 aliphatic carbocycles. The molecule has 2 rings (SSSR count). The highest BCUT2D eigenvalue weighted by Crippen LogP contribution is 2.30. The van der Waals surface area contributed by atoms with Crippen LogP contribution in [0.1, 0.15) is 30.1 Å². The Morgan fingerprint density at radius 1 is 1.32 bits per heavy atom. The van der Waals surface area contributed by atoms with Crippen molar-refractivity contribution in [2.24, 2.45) is 0 Å². The van der Waals surface area contributed by atoms with Gasteiger partial charge in [-0.15, -0.1) is 0 Å². The van der Waals surface area contributed by atoms with Crippen molar-refractivity contribution in [3.05, 3.63) is 51.9 Å². The Labute approximate surface area is 122 Å². The number of anilines is 1. The van der Waals surface area contributed by atoms with Gasteiger partial charge in [-0.1, -0.05) is 22.0 Å². The van der Waals surface area contributed by atoms with Gasteiger partial charge in [-0.2, -0.15) is 0 Å². The second kappa shape index (κ2) is 5.80. The van der Waals surface area contributed by atoms with Crippen LogP contribution in [0.25, 0.3) is 0 Å². The minimum atomic E-state index is -0.496. The molecule has 0 aliphatic heterocycles. The third-order valence-electron chi connectivity index (χ3n) is 3.04. The molecular formula is C15H18BrNO2. The average Bonchev–Trinajstić information content (AvgIpc) is 2.74. The summed E-state index contributed by atoms with van der Waals surface area (Å²) in [5.74, 6) is 1.82. The van der Waals surface area contributed by atoms with Gasteiger partial charge in [-0.05, 0) is 38.1 Å². The Kier molecular flexibility index (Phi) is 4.32. The third-order valence-corrected chi connectivity index (χ3v) is 3.54. The molecule has 0 saturated heterocycles. The SMILES string of the molecule is Cc1ccc(CN(C)c2cc(Br)ccc2C(C)O)o1. The number of nitrogens with zero attached hydrogens (tertiary/aromatic N) is 1. The van der Waals surface area contributed by atoms with Gasteiger partial charge in [0.15, 0.2) is 0 Å². The minimum Gasteiger partial charge on any atom is -0.464 e. The van der Waals surface area contributed by atoms with Gasteiger partial charge < -0.3 is 14.4 Å². The van der Waals surface area contributed by atoms with Crippen molar-refractivity contribution in [2.75, 3.05) is 11.9 Å². The number of furan rings is 1. The van der Waals surface area contributed by atoms with E-state index in [1.807, 2.05) is 44.3 Å². The van der Waals surface area contributed by atoms with E-state index in [0.717, 1.165) is 27.2 Å². The summed E-state index contributed by atoms with van der Waals surface area (Å²) in [6.45, 7) is 4.38. The number of hydrogen-bond donors (Lipinski definition) is 1. The molecule has 1 atom stereocenters. The number of rotatable bonds is 4. The van der Waals surface area contributed by atoms with Gasteiger partial charge in [-0.3, -0.25) is 0 Å². The molecule has 0 amide bonds. The first-order valence-corrected chi connectivity index (χ1v) is 7.00. The fourth-order valence-corrected chi connectivity index (χ4v) is 2.44. The summed E-state index contributed by atoms with van der Waals surface area (Å²) in [5.41, 5.74) is 1.91. The van der Waals surface area contributed by atoms with Crippen LogP contribution in [0.15, 0.2) is 39.2 Å². The lowest BCUT2D eigenvalue weighted by molar-refractivity contribution is 0.199. The summed E-state index contributed by atoms with van der Waals surface area (Å²) >= 11 is 3.47. The topological polar surface area (TPSA) is 36.6 Å². The molecule has 1 N–H and O–H groups in total. The van der Waals surface area contributed by atoms with Crippen LogP contribution in [-0.4, -0.2) is 12.2 Å². The molecular weight excluding hydrogens is 306 g/mol. The highest BCUT2D eigenvalue weighted by Gasteiger charge is 2.13. The third kappa shape index (κ3) is 3.39. The zero-order chi connectivity index (χ0) is 14.0. The molecule has 0 aliphatic rings. The second-order valence-electron chi connectivity index (χ2n) is 4.75. The van der Waals surface area contributed by atoms with E-state index in [9.17, 15) is 5.11 Å². The molecule has 19 heavy (non-hydrogen) atoms. The van der Waals surface area contributed by atoms with E-state index >= 15 is 0 Å². The predicted octanol–water partition coefficient (Wildman–Crippen LogP) is 4.04. The van der Waals surface area contributed by atoms with Gasteiger partial charge in [0.2, 0.25) is 0 Å². The van der Waals surface area contributed by atoms with Gasteiger partial charge in [0.05, 0.1) is 12.6 Å². The molecule has 4 heteroatoms. The van der Waals surface area contributed by atoms with Crippen molar-refractivity contribution >= 4 is 21.6 Å². The zero-order valence-electron chi connectivity index (χ0n) is 11.4. The molecule has 102 valence electrons. The predicted molar refractivity (Wildman–Crippen MR) is 80.3 cm³/mol. The number of aliphatic hydroxyl groups is 1. The lowest BCUT2D eigenvalue weighted by Crippen LogP contribution is -2.18. The molecule has 1 aromatic heterocycles. The van der Waals surface area contributed by atoms with E-state index in [0.29, 0.717) is 6.54 Å². The first kappa shape index (κ1) is 14.2. The van der Waals surface area contributed by atoms with Crippen LogP contribution in [0.2, 0.25) is 0 Å². The van der Waals surface area contributed by atoms with Gasteiger partial charge in [-0.25, -0.2) is 0 Å². The number of halogens is 1. The maximum atomic E-state index is 9.85.